The van der Waals surface area contributed by atoms with E-state index in [4.69, 9.17) is 0 Å². The molecule has 1 atom stereocenters. The van der Waals surface area contributed by atoms with Crippen LogP contribution < -0.4 is 20.9 Å². The van der Waals surface area contributed by atoms with Gasteiger partial charge in [0.2, 0.25) is 11.8 Å². The summed E-state index contributed by atoms with van der Waals surface area (Å²) in [6.45, 7) is 4.02. The fourth-order valence-electron chi connectivity index (χ4n) is 4.14. The van der Waals surface area contributed by atoms with Crippen molar-refractivity contribution in [2.75, 3.05) is 36.4 Å². The van der Waals surface area contributed by atoms with Crippen molar-refractivity contribution in [3.05, 3.63) is 24.0 Å². The molecule has 3 heterocycles. The van der Waals surface area contributed by atoms with Crippen LogP contribution in [0.15, 0.2) is 18.2 Å². The van der Waals surface area contributed by atoms with Crippen molar-refractivity contribution in [2.45, 2.75) is 31.7 Å². The largest absolute Gasteiger partial charge is 0.374 e. The Kier molecular flexibility index (Phi) is 4.80. The Bertz CT molecular complexity index is 699. The number of nitrogens with one attached hydrogen (secondary N) is 3. The molecule has 3 aliphatic heterocycles. The van der Waals surface area contributed by atoms with Gasteiger partial charge in [0, 0.05) is 25.2 Å². The maximum Gasteiger partial charge on any atom is 0.249 e. The highest BCUT2D eigenvalue weighted by Crippen LogP contribution is 2.32. The fraction of sp³-hybridized carbons (Fsp3) is 0.579. The predicted octanol–water partition coefficient (Wildman–Crippen LogP) is 1.48. The van der Waals surface area contributed by atoms with Crippen molar-refractivity contribution in [3.8, 4) is 0 Å². The normalized spacial score (nSPS) is 25.0. The summed E-state index contributed by atoms with van der Waals surface area (Å²) in [5.41, 5.74) is 1.19. The molecule has 1 aromatic carbocycles. The van der Waals surface area contributed by atoms with E-state index in [9.17, 15) is 14.0 Å². The zero-order valence-corrected chi connectivity index (χ0v) is 14.8. The van der Waals surface area contributed by atoms with Crippen molar-refractivity contribution >= 4 is 23.2 Å². The molecule has 1 aromatic rings. The summed E-state index contributed by atoms with van der Waals surface area (Å²) in [6.07, 6.45) is 2.96. The lowest BCUT2D eigenvalue weighted by Crippen LogP contribution is -2.49. The van der Waals surface area contributed by atoms with E-state index in [1.165, 1.54) is 6.07 Å². The number of imide groups is 1. The number of piperidine rings is 2. The number of anilines is 2. The van der Waals surface area contributed by atoms with Crippen molar-refractivity contribution in [1.29, 1.82) is 0 Å². The minimum Gasteiger partial charge on any atom is -0.374 e. The first kappa shape index (κ1) is 17.3. The third-order valence-corrected chi connectivity index (χ3v) is 5.89. The summed E-state index contributed by atoms with van der Waals surface area (Å²) >= 11 is 0. The lowest BCUT2D eigenvalue weighted by Gasteiger charge is -2.41. The molecule has 3 N–H and O–H groups in total. The van der Waals surface area contributed by atoms with Crippen LogP contribution in [0.5, 0.6) is 0 Å². The van der Waals surface area contributed by atoms with Crippen LogP contribution in [0.3, 0.4) is 0 Å². The zero-order chi connectivity index (χ0) is 18.1. The standard InChI is InChI=1S/C19H25FN4O2/c20-15-9-14(22-16-2-4-18(25)23-19(16)26)1-3-17(15)24-7-5-12(6-8-24)13-10-21-11-13/h1,3,9,12-13,16,21-22H,2,4-8,10-11H2,(H,23,25,26). The van der Waals surface area contributed by atoms with E-state index in [2.05, 4.69) is 20.9 Å². The fourth-order valence-corrected chi connectivity index (χ4v) is 4.14. The molecular weight excluding hydrogens is 335 g/mol. The second kappa shape index (κ2) is 7.23. The Morgan fingerprint density at radius 2 is 1.85 bits per heavy atom. The van der Waals surface area contributed by atoms with Gasteiger partial charge in [0.05, 0.1) is 5.69 Å². The Morgan fingerprint density at radius 3 is 2.46 bits per heavy atom. The number of amides is 2. The van der Waals surface area contributed by atoms with Crippen molar-refractivity contribution in [2.24, 2.45) is 11.8 Å². The van der Waals surface area contributed by atoms with Crippen molar-refractivity contribution < 1.29 is 14.0 Å². The molecule has 3 fully saturated rings. The highest BCUT2D eigenvalue weighted by molar-refractivity contribution is 6.01. The summed E-state index contributed by atoms with van der Waals surface area (Å²) in [5, 5.41) is 8.66. The van der Waals surface area contributed by atoms with E-state index in [1.54, 1.807) is 6.07 Å². The molecule has 3 saturated heterocycles. The first-order valence-electron chi connectivity index (χ1n) is 9.45. The first-order valence-corrected chi connectivity index (χ1v) is 9.45. The predicted molar refractivity (Wildman–Crippen MR) is 97.5 cm³/mol. The summed E-state index contributed by atoms with van der Waals surface area (Å²) in [7, 11) is 0. The third kappa shape index (κ3) is 3.53. The lowest BCUT2D eigenvalue weighted by molar-refractivity contribution is -0.133. The van der Waals surface area contributed by atoms with Crippen LogP contribution in [0.2, 0.25) is 0 Å². The summed E-state index contributed by atoms with van der Waals surface area (Å²) < 4.78 is 14.6. The summed E-state index contributed by atoms with van der Waals surface area (Å²) in [5.74, 6) is 0.672. The average molecular weight is 360 g/mol. The molecule has 26 heavy (non-hydrogen) atoms. The summed E-state index contributed by atoms with van der Waals surface area (Å²) in [4.78, 5) is 25.1. The molecule has 0 saturated carbocycles. The molecule has 0 radical (unpaired) electrons. The van der Waals surface area contributed by atoms with Gasteiger partial charge in [-0.25, -0.2) is 4.39 Å². The van der Waals surface area contributed by atoms with Crippen molar-refractivity contribution in [3.63, 3.8) is 0 Å². The van der Waals surface area contributed by atoms with Gasteiger partial charge < -0.3 is 15.5 Å². The van der Waals surface area contributed by atoms with Crippen LogP contribution in [0.4, 0.5) is 15.8 Å². The maximum absolute atomic E-state index is 14.6. The summed E-state index contributed by atoms with van der Waals surface area (Å²) in [6, 6.07) is 4.55. The minimum absolute atomic E-state index is 0.254. The Labute approximate surface area is 152 Å². The number of benzene rings is 1. The molecule has 0 bridgehead atoms. The molecule has 0 aliphatic carbocycles. The van der Waals surface area contributed by atoms with Gasteiger partial charge >= 0.3 is 0 Å². The number of nitrogens with zero attached hydrogens (tertiary/aromatic N) is 1. The Hall–Kier alpha value is -2.15. The first-order chi connectivity index (χ1) is 12.6. The van der Waals surface area contributed by atoms with E-state index in [0.29, 0.717) is 24.2 Å². The monoisotopic (exact) mass is 360 g/mol. The third-order valence-electron chi connectivity index (χ3n) is 5.89. The molecule has 2 amide bonds. The number of hydrogen-bond donors (Lipinski definition) is 3. The quantitative estimate of drug-likeness (QED) is 0.710. The van der Waals surface area contributed by atoms with Crippen LogP contribution in [0.1, 0.15) is 25.7 Å². The molecule has 140 valence electrons. The van der Waals surface area contributed by atoms with Crippen molar-refractivity contribution in [1.82, 2.24) is 10.6 Å². The van der Waals surface area contributed by atoms with Crippen LogP contribution in [0.25, 0.3) is 0 Å². The Morgan fingerprint density at radius 1 is 1.08 bits per heavy atom. The average Bonchev–Trinajstić information content (AvgIpc) is 2.57. The smallest absolute Gasteiger partial charge is 0.249 e. The van der Waals surface area contributed by atoms with Crippen LogP contribution in [-0.4, -0.2) is 44.0 Å². The second-order valence-electron chi connectivity index (χ2n) is 7.56. The van der Waals surface area contributed by atoms with E-state index in [1.807, 2.05) is 6.07 Å². The van der Waals surface area contributed by atoms with E-state index in [-0.39, 0.29) is 17.6 Å². The molecule has 3 aliphatic rings. The molecule has 7 heteroatoms. The number of halogens is 1. The van der Waals surface area contributed by atoms with Gasteiger partial charge in [-0.3, -0.25) is 14.9 Å². The number of hydrogen-bond acceptors (Lipinski definition) is 5. The van der Waals surface area contributed by atoms with E-state index >= 15 is 0 Å². The molecule has 0 aromatic heterocycles. The molecule has 1 unspecified atom stereocenters. The topological polar surface area (TPSA) is 73.5 Å². The van der Waals surface area contributed by atoms with Gasteiger partial charge in [0.25, 0.3) is 0 Å². The molecular formula is C19H25FN4O2. The van der Waals surface area contributed by atoms with Gasteiger partial charge in [0.1, 0.15) is 11.9 Å². The SMILES string of the molecule is O=C1CCC(Nc2ccc(N3CCC(C4CNC4)CC3)c(F)c2)C(=O)N1. The van der Waals surface area contributed by atoms with Crippen LogP contribution in [0, 0.1) is 17.7 Å². The highest BCUT2D eigenvalue weighted by Gasteiger charge is 2.31. The number of rotatable bonds is 4. The van der Waals surface area contributed by atoms with Gasteiger partial charge in [-0.05, 0) is 62.4 Å². The zero-order valence-electron chi connectivity index (χ0n) is 14.8. The highest BCUT2D eigenvalue weighted by atomic mass is 19.1. The Balaban J connectivity index is 1.37. The van der Waals surface area contributed by atoms with Crippen LogP contribution in [-0.2, 0) is 9.59 Å². The van der Waals surface area contributed by atoms with Gasteiger partial charge in [-0.1, -0.05) is 0 Å². The lowest BCUT2D eigenvalue weighted by atomic mass is 9.81. The molecule has 4 rings (SSSR count). The van der Waals surface area contributed by atoms with E-state index < -0.39 is 6.04 Å². The molecule has 0 spiro atoms. The second-order valence-corrected chi connectivity index (χ2v) is 7.56. The van der Waals surface area contributed by atoms with Gasteiger partial charge in [-0.2, -0.15) is 0 Å². The van der Waals surface area contributed by atoms with E-state index in [0.717, 1.165) is 50.9 Å². The number of carbonyl (C=O) groups is 2. The maximum atomic E-state index is 14.6. The van der Waals surface area contributed by atoms with Gasteiger partial charge in [-0.15, -0.1) is 0 Å². The van der Waals surface area contributed by atoms with Gasteiger partial charge in [0.15, 0.2) is 0 Å². The number of carbonyl (C=O) groups excluding carboxylic acids is 2. The molecule has 6 nitrogen and oxygen atoms in total. The van der Waals surface area contributed by atoms with Crippen LogP contribution >= 0.6 is 0 Å². The minimum atomic E-state index is -0.496.